The highest BCUT2D eigenvalue weighted by Crippen LogP contribution is 2.30. The molecule has 2 N–H and O–H groups in total. The molecular formula is C18H25N6+. The molecule has 0 saturated carbocycles. The number of quaternary nitrogens is 1. The molecule has 6 heteroatoms. The molecule has 0 unspecified atom stereocenters. The maximum atomic E-state index is 4.54. The molecule has 0 aliphatic heterocycles. The summed E-state index contributed by atoms with van der Waals surface area (Å²) in [4.78, 5) is 14.6. The van der Waals surface area contributed by atoms with E-state index in [9.17, 15) is 0 Å². The van der Waals surface area contributed by atoms with Crippen LogP contribution in [0.2, 0.25) is 0 Å². The first-order valence-electron chi connectivity index (χ1n) is 8.35. The van der Waals surface area contributed by atoms with E-state index in [0.717, 1.165) is 42.0 Å². The average Bonchev–Trinajstić information content (AvgIpc) is 2.84. The van der Waals surface area contributed by atoms with E-state index in [-0.39, 0.29) is 0 Å². The molecule has 0 aliphatic carbocycles. The van der Waals surface area contributed by atoms with E-state index < -0.39 is 0 Å². The number of anilines is 1. The van der Waals surface area contributed by atoms with E-state index in [1.54, 1.807) is 18.7 Å². The predicted molar refractivity (Wildman–Crippen MR) is 96.9 cm³/mol. The number of nitrogens with zero attached hydrogens (tertiary/aromatic N) is 4. The molecule has 0 fully saturated rings. The smallest absolute Gasteiger partial charge is 0.150 e. The van der Waals surface area contributed by atoms with Gasteiger partial charge in [0.2, 0.25) is 0 Å². The maximum Gasteiger partial charge on any atom is 0.150 e. The highest BCUT2D eigenvalue weighted by Gasteiger charge is 2.17. The molecular weight excluding hydrogens is 300 g/mol. The number of rotatable bonds is 6. The second-order valence-electron chi connectivity index (χ2n) is 6.41. The van der Waals surface area contributed by atoms with Gasteiger partial charge in [0.1, 0.15) is 12.1 Å². The highest BCUT2D eigenvalue weighted by atomic mass is 15.1. The second-order valence-corrected chi connectivity index (χ2v) is 6.41. The van der Waals surface area contributed by atoms with Crippen molar-refractivity contribution in [1.29, 1.82) is 0 Å². The number of pyridine rings is 1. The van der Waals surface area contributed by atoms with Crippen LogP contribution in [0.4, 0.5) is 5.82 Å². The first-order valence-corrected chi connectivity index (χ1v) is 8.35. The Kier molecular flexibility index (Phi) is 4.76. The van der Waals surface area contributed by atoms with Gasteiger partial charge >= 0.3 is 0 Å². The van der Waals surface area contributed by atoms with Crippen molar-refractivity contribution in [3.63, 3.8) is 0 Å². The third-order valence-corrected chi connectivity index (χ3v) is 4.36. The van der Waals surface area contributed by atoms with Gasteiger partial charge in [0.05, 0.1) is 31.7 Å². The summed E-state index contributed by atoms with van der Waals surface area (Å²) in [6.45, 7) is 6.30. The predicted octanol–water partition coefficient (Wildman–Crippen LogP) is 1.38. The van der Waals surface area contributed by atoms with Crippen LogP contribution in [0.5, 0.6) is 0 Å². The molecule has 0 radical (unpaired) electrons. The van der Waals surface area contributed by atoms with E-state index in [1.165, 1.54) is 16.2 Å². The van der Waals surface area contributed by atoms with Crippen molar-refractivity contribution < 1.29 is 4.90 Å². The van der Waals surface area contributed by atoms with Crippen LogP contribution in [-0.4, -0.2) is 46.7 Å². The minimum Gasteiger partial charge on any atom is -0.369 e. The fourth-order valence-corrected chi connectivity index (χ4v) is 2.99. The summed E-state index contributed by atoms with van der Waals surface area (Å²) in [5, 5.41) is 4.59. The highest BCUT2D eigenvalue weighted by molar-refractivity contribution is 5.93. The monoisotopic (exact) mass is 325 g/mol. The average molecular weight is 325 g/mol. The lowest BCUT2D eigenvalue weighted by molar-refractivity contribution is -0.858. The molecule has 0 aromatic carbocycles. The van der Waals surface area contributed by atoms with Gasteiger partial charge in [-0.05, 0) is 31.5 Å². The lowest BCUT2D eigenvalue weighted by Gasteiger charge is -2.10. The first-order chi connectivity index (χ1) is 11.6. The van der Waals surface area contributed by atoms with E-state index >= 15 is 0 Å². The zero-order chi connectivity index (χ0) is 17.1. The Morgan fingerprint density at radius 1 is 1.12 bits per heavy atom. The largest absolute Gasteiger partial charge is 0.369 e. The molecule has 0 atom stereocenters. The molecule has 0 amide bonds. The van der Waals surface area contributed by atoms with Crippen molar-refractivity contribution in [3.05, 3.63) is 42.1 Å². The van der Waals surface area contributed by atoms with Crippen LogP contribution >= 0.6 is 0 Å². The van der Waals surface area contributed by atoms with Gasteiger partial charge in [-0.1, -0.05) is 0 Å². The van der Waals surface area contributed by atoms with E-state index in [1.807, 2.05) is 12.1 Å². The van der Waals surface area contributed by atoms with Gasteiger partial charge in [-0.2, -0.15) is 0 Å². The topological polar surface area (TPSA) is 60.1 Å². The van der Waals surface area contributed by atoms with Crippen molar-refractivity contribution >= 4 is 16.9 Å². The molecule has 0 aliphatic rings. The molecule has 24 heavy (non-hydrogen) atoms. The Morgan fingerprint density at radius 3 is 2.58 bits per heavy atom. The van der Waals surface area contributed by atoms with Gasteiger partial charge in [0, 0.05) is 31.1 Å². The SMILES string of the molecule is Cc1c(C)n(-c2ccncc2)c2ncnc(NCCC[NH+](C)C)c12. The fourth-order valence-electron chi connectivity index (χ4n) is 2.99. The summed E-state index contributed by atoms with van der Waals surface area (Å²) in [6, 6.07) is 4.00. The van der Waals surface area contributed by atoms with Gasteiger partial charge in [-0.25, -0.2) is 9.97 Å². The van der Waals surface area contributed by atoms with Crippen LogP contribution in [0.3, 0.4) is 0 Å². The first kappa shape index (κ1) is 16.4. The number of hydrogen-bond acceptors (Lipinski definition) is 4. The summed E-state index contributed by atoms with van der Waals surface area (Å²) in [5.74, 6) is 0.919. The van der Waals surface area contributed by atoms with Gasteiger partial charge in [0.25, 0.3) is 0 Å². The third kappa shape index (κ3) is 3.10. The Bertz CT molecular complexity index is 822. The quantitative estimate of drug-likeness (QED) is 0.672. The Balaban J connectivity index is 1.99. The van der Waals surface area contributed by atoms with Crippen LogP contribution in [0.25, 0.3) is 16.7 Å². The third-order valence-electron chi connectivity index (χ3n) is 4.36. The van der Waals surface area contributed by atoms with Gasteiger partial charge in [-0.3, -0.25) is 9.55 Å². The Labute approximate surface area is 142 Å². The molecule has 3 aromatic heterocycles. The molecule has 3 rings (SSSR count). The van der Waals surface area contributed by atoms with Crippen LogP contribution in [0, 0.1) is 13.8 Å². The molecule has 3 aromatic rings. The maximum absolute atomic E-state index is 4.54. The minimum absolute atomic E-state index is 0.913. The lowest BCUT2D eigenvalue weighted by atomic mass is 10.2. The zero-order valence-electron chi connectivity index (χ0n) is 14.8. The number of hydrogen-bond donors (Lipinski definition) is 2. The van der Waals surface area contributed by atoms with Crippen molar-refractivity contribution in [3.8, 4) is 5.69 Å². The number of aromatic nitrogens is 4. The van der Waals surface area contributed by atoms with Crippen molar-refractivity contribution in [2.45, 2.75) is 20.3 Å². The fraction of sp³-hybridized carbons (Fsp3) is 0.389. The number of fused-ring (bicyclic) bond motifs is 1. The number of aryl methyl sites for hydroxylation is 1. The van der Waals surface area contributed by atoms with Crippen molar-refractivity contribution in [2.24, 2.45) is 0 Å². The van der Waals surface area contributed by atoms with Crippen LogP contribution in [-0.2, 0) is 0 Å². The molecule has 0 saturated heterocycles. The molecule has 6 nitrogen and oxygen atoms in total. The summed E-state index contributed by atoms with van der Waals surface area (Å²) < 4.78 is 2.17. The summed E-state index contributed by atoms with van der Waals surface area (Å²) in [5.41, 5.74) is 4.40. The lowest BCUT2D eigenvalue weighted by Crippen LogP contribution is -3.05. The number of nitrogens with one attached hydrogen (secondary N) is 2. The zero-order valence-corrected chi connectivity index (χ0v) is 14.8. The van der Waals surface area contributed by atoms with E-state index in [4.69, 9.17) is 0 Å². The van der Waals surface area contributed by atoms with Gasteiger partial charge in [0.15, 0.2) is 5.65 Å². The molecule has 0 spiro atoms. The summed E-state index contributed by atoms with van der Waals surface area (Å²) >= 11 is 0. The van der Waals surface area contributed by atoms with E-state index in [2.05, 4.69) is 52.8 Å². The van der Waals surface area contributed by atoms with Crippen molar-refractivity contribution in [1.82, 2.24) is 19.5 Å². The Hall–Kier alpha value is -2.47. The van der Waals surface area contributed by atoms with Crippen LogP contribution < -0.4 is 10.2 Å². The minimum atomic E-state index is 0.913. The standard InChI is InChI=1S/C18H24N6/c1-13-14(2)24(15-6-9-19-10-7-15)18-16(13)17(21-12-22-18)20-8-5-11-23(3)4/h6-7,9-10,12H,5,8,11H2,1-4H3,(H,20,21,22)/p+1. The summed E-state index contributed by atoms with van der Waals surface area (Å²) in [7, 11) is 4.34. The van der Waals surface area contributed by atoms with Crippen LogP contribution in [0.1, 0.15) is 17.7 Å². The van der Waals surface area contributed by atoms with Crippen LogP contribution in [0.15, 0.2) is 30.9 Å². The molecule has 0 bridgehead atoms. The normalized spacial score (nSPS) is 11.4. The second kappa shape index (κ2) is 6.97. The van der Waals surface area contributed by atoms with Crippen molar-refractivity contribution in [2.75, 3.05) is 32.5 Å². The van der Waals surface area contributed by atoms with Gasteiger partial charge in [-0.15, -0.1) is 0 Å². The van der Waals surface area contributed by atoms with Gasteiger partial charge < -0.3 is 10.2 Å². The summed E-state index contributed by atoms with van der Waals surface area (Å²) in [6.07, 6.45) is 6.36. The van der Waals surface area contributed by atoms with E-state index in [0.29, 0.717) is 0 Å². The molecule has 3 heterocycles. The Morgan fingerprint density at radius 2 is 1.88 bits per heavy atom. The molecule has 126 valence electrons.